The summed E-state index contributed by atoms with van der Waals surface area (Å²) in [6.07, 6.45) is 3.99. The molecule has 3 rings (SSSR count). The van der Waals surface area contributed by atoms with E-state index in [2.05, 4.69) is 17.4 Å². The Morgan fingerprint density at radius 3 is 2.53 bits per heavy atom. The van der Waals surface area contributed by atoms with Gasteiger partial charge < -0.3 is 0 Å². The van der Waals surface area contributed by atoms with Crippen LogP contribution >= 0.6 is 0 Å². The highest BCUT2D eigenvalue weighted by Gasteiger charge is 2.43. The van der Waals surface area contributed by atoms with Gasteiger partial charge in [0.2, 0.25) is 11.8 Å². The van der Waals surface area contributed by atoms with Crippen molar-refractivity contribution in [1.29, 1.82) is 0 Å². The van der Waals surface area contributed by atoms with Crippen molar-refractivity contribution in [1.82, 2.24) is 5.32 Å². The van der Waals surface area contributed by atoms with Crippen LogP contribution < -0.4 is 5.32 Å². The van der Waals surface area contributed by atoms with Gasteiger partial charge >= 0.3 is 0 Å². The maximum atomic E-state index is 11.6. The van der Waals surface area contributed by atoms with E-state index in [0.29, 0.717) is 12.8 Å². The van der Waals surface area contributed by atoms with Gasteiger partial charge in [0, 0.05) is 18.3 Å². The molecule has 1 spiro atoms. The van der Waals surface area contributed by atoms with Crippen molar-refractivity contribution in [2.45, 2.75) is 37.5 Å². The molecule has 1 aliphatic carbocycles. The molecule has 0 aromatic heterocycles. The largest absolute Gasteiger partial charge is 0.296 e. The molecule has 1 heterocycles. The molecule has 1 aromatic carbocycles. The zero-order valence-corrected chi connectivity index (χ0v) is 9.66. The Morgan fingerprint density at radius 1 is 1.06 bits per heavy atom. The van der Waals surface area contributed by atoms with Crippen molar-refractivity contribution < 1.29 is 9.59 Å². The fourth-order valence-electron chi connectivity index (χ4n) is 3.30. The lowest BCUT2D eigenvalue weighted by Gasteiger charge is -2.40. The molecule has 1 N–H and O–H groups in total. The smallest absolute Gasteiger partial charge is 0.227 e. The number of carbonyl (C=O) groups excluding carboxylic acids is 2. The van der Waals surface area contributed by atoms with Crippen molar-refractivity contribution >= 4 is 11.8 Å². The van der Waals surface area contributed by atoms with Crippen LogP contribution in [0.3, 0.4) is 0 Å². The molecule has 0 bridgehead atoms. The van der Waals surface area contributed by atoms with Gasteiger partial charge in [0.05, 0.1) is 0 Å². The Bertz CT molecular complexity index is 477. The van der Waals surface area contributed by atoms with Crippen LogP contribution in [0.5, 0.6) is 0 Å². The number of aryl methyl sites for hydroxylation is 1. The summed E-state index contributed by atoms with van der Waals surface area (Å²) in [5.74, 6) is -0.254. The highest BCUT2D eigenvalue weighted by atomic mass is 16.2. The van der Waals surface area contributed by atoms with Gasteiger partial charge in [-0.2, -0.15) is 0 Å². The Hall–Kier alpha value is -1.64. The quantitative estimate of drug-likeness (QED) is 0.688. The third kappa shape index (κ3) is 1.66. The fourth-order valence-corrected chi connectivity index (χ4v) is 3.30. The van der Waals surface area contributed by atoms with Crippen molar-refractivity contribution in [3.63, 3.8) is 0 Å². The average Bonchev–Trinajstić information content (AvgIpc) is 2.28. The van der Waals surface area contributed by atoms with Crippen LogP contribution in [-0.2, 0) is 21.4 Å². The minimum Gasteiger partial charge on any atom is -0.296 e. The maximum Gasteiger partial charge on any atom is 0.227 e. The van der Waals surface area contributed by atoms with E-state index in [1.165, 1.54) is 11.1 Å². The van der Waals surface area contributed by atoms with Crippen molar-refractivity contribution in [3.05, 3.63) is 35.4 Å². The van der Waals surface area contributed by atoms with E-state index in [1.54, 1.807) is 0 Å². The predicted octanol–water partition coefficient (Wildman–Crippen LogP) is 1.70. The Kier molecular flexibility index (Phi) is 2.28. The molecule has 88 valence electrons. The van der Waals surface area contributed by atoms with E-state index in [9.17, 15) is 9.59 Å². The number of hydrogen-bond acceptors (Lipinski definition) is 2. The van der Waals surface area contributed by atoms with Crippen molar-refractivity contribution in [2.75, 3.05) is 0 Å². The van der Waals surface area contributed by atoms with Gasteiger partial charge in [0.25, 0.3) is 0 Å². The Balaban J connectivity index is 2.09. The molecule has 0 atom stereocenters. The zero-order chi connectivity index (χ0) is 11.9. The number of hydrogen-bond donors (Lipinski definition) is 1. The SMILES string of the molecule is O=C1CC2(CCCc3ccccc32)CC(=O)N1. The van der Waals surface area contributed by atoms with E-state index in [1.807, 2.05) is 12.1 Å². The van der Waals surface area contributed by atoms with E-state index in [0.717, 1.165) is 19.3 Å². The lowest BCUT2D eigenvalue weighted by Crippen LogP contribution is -2.48. The maximum absolute atomic E-state index is 11.6. The topological polar surface area (TPSA) is 46.2 Å². The summed E-state index contributed by atoms with van der Waals surface area (Å²) < 4.78 is 0. The number of benzene rings is 1. The predicted molar refractivity (Wildman–Crippen MR) is 63.4 cm³/mol. The van der Waals surface area contributed by atoms with Gasteiger partial charge in [0.1, 0.15) is 0 Å². The van der Waals surface area contributed by atoms with Crippen LogP contribution in [0.15, 0.2) is 24.3 Å². The van der Waals surface area contributed by atoms with E-state index < -0.39 is 0 Å². The molecule has 2 aliphatic rings. The highest BCUT2D eigenvalue weighted by molar-refractivity contribution is 5.99. The number of carbonyl (C=O) groups is 2. The third-order valence-corrected chi connectivity index (χ3v) is 3.97. The fraction of sp³-hybridized carbons (Fsp3) is 0.429. The van der Waals surface area contributed by atoms with Gasteiger partial charge in [-0.05, 0) is 30.4 Å². The molecule has 0 saturated carbocycles. The zero-order valence-electron chi connectivity index (χ0n) is 9.66. The Labute approximate surface area is 100 Å². The minimum absolute atomic E-state index is 0.127. The third-order valence-electron chi connectivity index (χ3n) is 3.97. The Morgan fingerprint density at radius 2 is 1.76 bits per heavy atom. The van der Waals surface area contributed by atoms with Crippen LogP contribution in [0.25, 0.3) is 0 Å². The van der Waals surface area contributed by atoms with Crippen LogP contribution in [0.2, 0.25) is 0 Å². The molecule has 2 amide bonds. The second-order valence-electron chi connectivity index (χ2n) is 5.12. The molecule has 1 fully saturated rings. The summed E-state index contributed by atoms with van der Waals surface area (Å²) in [6, 6.07) is 8.24. The summed E-state index contributed by atoms with van der Waals surface area (Å²) in [5, 5.41) is 2.40. The summed E-state index contributed by atoms with van der Waals surface area (Å²) in [7, 11) is 0. The first-order chi connectivity index (χ1) is 8.20. The number of rotatable bonds is 0. The molecule has 17 heavy (non-hydrogen) atoms. The van der Waals surface area contributed by atoms with Crippen molar-refractivity contribution in [2.24, 2.45) is 0 Å². The van der Waals surface area contributed by atoms with Crippen LogP contribution in [0, 0.1) is 0 Å². The summed E-state index contributed by atoms with van der Waals surface area (Å²) >= 11 is 0. The lowest BCUT2D eigenvalue weighted by atomic mass is 9.65. The van der Waals surface area contributed by atoms with Gasteiger partial charge in [-0.15, -0.1) is 0 Å². The van der Waals surface area contributed by atoms with Gasteiger partial charge in [0.15, 0.2) is 0 Å². The highest BCUT2D eigenvalue weighted by Crippen LogP contribution is 2.43. The molecule has 0 unspecified atom stereocenters. The number of fused-ring (bicyclic) bond motifs is 2. The molecular formula is C14H15NO2. The van der Waals surface area contributed by atoms with Gasteiger partial charge in [-0.3, -0.25) is 14.9 Å². The first kappa shape index (κ1) is 10.5. The second-order valence-corrected chi connectivity index (χ2v) is 5.12. The van der Waals surface area contributed by atoms with E-state index in [4.69, 9.17) is 0 Å². The molecule has 1 saturated heterocycles. The minimum atomic E-state index is -0.228. The standard InChI is InChI=1S/C14H15NO2/c16-12-8-14(9-13(17)15-12)7-3-5-10-4-1-2-6-11(10)14/h1-2,4,6H,3,5,7-9H2,(H,15,16,17). The number of imide groups is 1. The first-order valence-electron chi connectivity index (χ1n) is 6.11. The van der Waals surface area contributed by atoms with Crippen molar-refractivity contribution in [3.8, 4) is 0 Å². The summed E-state index contributed by atoms with van der Waals surface area (Å²) in [4.78, 5) is 23.2. The second kappa shape index (κ2) is 3.69. The number of piperidine rings is 1. The molecule has 0 radical (unpaired) electrons. The monoisotopic (exact) mass is 229 g/mol. The number of amides is 2. The molecule has 1 aliphatic heterocycles. The summed E-state index contributed by atoms with van der Waals surface area (Å²) in [5.41, 5.74) is 2.30. The van der Waals surface area contributed by atoms with Gasteiger partial charge in [-0.1, -0.05) is 24.3 Å². The lowest BCUT2D eigenvalue weighted by molar-refractivity contribution is -0.136. The first-order valence-corrected chi connectivity index (χ1v) is 6.11. The summed E-state index contributed by atoms with van der Waals surface area (Å²) in [6.45, 7) is 0. The molecular weight excluding hydrogens is 214 g/mol. The molecule has 3 heteroatoms. The van der Waals surface area contributed by atoms with Gasteiger partial charge in [-0.25, -0.2) is 0 Å². The average molecular weight is 229 g/mol. The van der Waals surface area contributed by atoms with E-state index >= 15 is 0 Å². The number of nitrogens with one attached hydrogen (secondary N) is 1. The van der Waals surface area contributed by atoms with Crippen LogP contribution in [-0.4, -0.2) is 11.8 Å². The molecule has 1 aromatic rings. The van der Waals surface area contributed by atoms with Crippen LogP contribution in [0.1, 0.15) is 36.8 Å². The van der Waals surface area contributed by atoms with Crippen LogP contribution in [0.4, 0.5) is 0 Å². The molecule has 3 nitrogen and oxygen atoms in total. The van der Waals surface area contributed by atoms with E-state index in [-0.39, 0.29) is 17.2 Å². The normalized spacial score (nSPS) is 22.1.